The highest BCUT2D eigenvalue weighted by atomic mass is 35.5. The Bertz CT molecular complexity index is 469. The molecule has 1 saturated heterocycles. The predicted molar refractivity (Wildman–Crippen MR) is 69.5 cm³/mol. The van der Waals surface area contributed by atoms with Crippen LogP contribution in [0.25, 0.3) is 0 Å². The van der Waals surface area contributed by atoms with Crippen molar-refractivity contribution < 1.29 is 4.74 Å². The highest BCUT2D eigenvalue weighted by Gasteiger charge is 2.41. The summed E-state index contributed by atoms with van der Waals surface area (Å²) in [5.74, 6) is 0. The Morgan fingerprint density at radius 3 is 1.35 bits per heavy atom. The Kier molecular flexibility index (Phi) is 2.83. The van der Waals surface area contributed by atoms with E-state index in [1.54, 1.807) is 0 Å². The van der Waals surface area contributed by atoms with Gasteiger partial charge in [-0.2, -0.15) is 0 Å². The van der Waals surface area contributed by atoms with Crippen molar-refractivity contribution in [1.82, 2.24) is 0 Å². The maximum atomic E-state index is 5.85. The number of epoxide rings is 1. The van der Waals surface area contributed by atoms with Gasteiger partial charge in [-0.05, 0) is 35.4 Å². The highest BCUT2D eigenvalue weighted by Crippen LogP contribution is 2.50. The van der Waals surface area contributed by atoms with Gasteiger partial charge in [0.05, 0.1) is 0 Å². The van der Waals surface area contributed by atoms with Gasteiger partial charge < -0.3 is 4.74 Å². The summed E-state index contributed by atoms with van der Waals surface area (Å²) in [6, 6.07) is 15.6. The smallest absolute Gasteiger partial charge is 0.114 e. The van der Waals surface area contributed by atoms with Crippen molar-refractivity contribution in [3.63, 3.8) is 0 Å². The Labute approximate surface area is 110 Å². The van der Waals surface area contributed by atoms with Crippen molar-refractivity contribution in [3.05, 3.63) is 69.7 Å². The van der Waals surface area contributed by atoms with Gasteiger partial charge in [-0.15, -0.1) is 0 Å². The van der Waals surface area contributed by atoms with Gasteiger partial charge in [-0.25, -0.2) is 0 Å². The van der Waals surface area contributed by atoms with Gasteiger partial charge in [0.15, 0.2) is 0 Å². The van der Waals surface area contributed by atoms with E-state index in [0.717, 1.165) is 21.2 Å². The first-order valence-corrected chi connectivity index (χ1v) is 6.16. The largest absolute Gasteiger partial charge is 0.359 e. The van der Waals surface area contributed by atoms with Crippen LogP contribution in [0.5, 0.6) is 0 Å². The van der Waals surface area contributed by atoms with E-state index in [1.165, 1.54) is 0 Å². The number of ether oxygens (including phenoxy) is 1. The number of hydrogen-bond donors (Lipinski definition) is 0. The van der Waals surface area contributed by atoms with E-state index in [9.17, 15) is 0 Å². The molecule has 1 heterocycles. The third-order valence-corrected chi connectivity index (χ3v) is 3.39. The minimum atomic E-state index is 0.147. The van der Waals surface area contributed by atoms with E-state index in [-0.39, 0.29) is 12.2 Å². The summed E-state index contributed by atoms with van der Waals surface area (Å²) < 4.78 is 5.68. The lowest BCUT2D eigenvalue weighted by atomic mass is 10.0. The van der Waals surface area contributed by atoms with Crippen molar-refractivity contribution in [3.8, 4) is 0 Å². The molecule has 0 radical (unpaired) electrons. The Morgan fingerprint density at radius 2 is 1.00 bits per heavy atom. The number of hydrogen-bond acceptors (Lipinski definition) is 1. The fourth-order valence-electron chi connectivity index (χ4n) is 1.92. The number of halogens is 2. The minimum Gasteiger partial charge on any atom is -0.359 e. The van der Waals surface area contributed by atoms with Crippen LogP contribution in [-0.2, 0) is 4.74 Å². The van der Waals surface area contributed by atoms with Crippen LogP contribution < -0.4 is 0 Å². The second kappa shape index (κ2) is 4.34. The molecule has 1 aliphatic rings. The highest BCUT2D eigenvalue weighted by molar-refractivity contribution is 6.30. The molecule has 1 fully saturated rings. The molecule has 0 amide bonds. The summed E-state index contributed by atoms with van der Waals surface area (Å²) in [6.07, 6.45) is 0.293. The van der Waals surface area contributed by atoms with Crippen LogP contribution in [0.1, 0.15) is 23.3 Å². The molecular formula is C14H10Cl2O. The quantitative estimate of drug-likeness (QED) is 0.710. The molecule has 0 spiro atoms. The van der Waals surface area contributed by atoms with E-state index in [2.05, 4.69) is 0 Å². The second-order valence-electron chi connectivity index (χ2n) is 4.08. The molecule has 17 heavy (non-hydrogen) atoms. The molecule has 0 aromatic heterocycles. The van der Waals surface area contributed by atoms with Crippen molar-refractivity contribution in [1.29, 1.82) is 0 Å². The first kappa shape index (κ1) is 11.1. The van der Waals surface area contributed by atoms with E-state index < -0.39 is 0 Å². The zero-order chi connectivity index (χ0) is 11.8. The molecule has 0 N–H and O–H groups in total. The summed E-state index contributed by atoms with van der Waals surface area (Å²) in [5, 5.41) is 1.50. The van der Waals surface area contributed by atoms with Gasteiger partial charge in [0.2, 0.25) is 0 Å². The number of benzene rings is 2. The average Bonchev–Trinajstić information content (AvgIpc) is 3.11. The van der Waals surface area contributed by atoms with Crippen LogP contribution in [0, 0.1) is 0 Å². The summed E-state index contributed by atoms with van der Waals surface area (Å²) in [4.78, 5) is 0. The first-order chi connectivity index (χ1) is 8.24. The van der Waals surface area contributed by atoms with Crippen molar-refractivity contribution >= 4 is 23.2 Å². The molecule has 0 saturated carbocycles. The SMILES string of the molecule is Clc1ccc([C@H]2O[C@H]2c2ccc(Cl)cc2)cc1. The molecule has 1 aliphatic heterocycles. The Morgan fingerprint density at radius 1 is 0.647 bits per heavy atom. The van der Waals surface area contributed by atoms with Gasteiger partial charge in [0.25, 0.3) is 0 Å². The summed E-state index contributed by atoms with van der Waals surface area (Å²) in [6.45, 7) is 0. The maximum Gasteiger partial charge on any atom is 0.114 e. The van der Waals surface area contributed by atoms with E-state index in [1.807, 2.05) is 48.5 Å². The molecule has 3 heteroatoms. The predicted octanol–water partition coefficient (Wildman–Crippen LogP) is 4.81. The molecule has 2 aromatic carbocycles. The van der Waals surface area contributed by atoms with Crippen LogP contribution in [-0.4, -0.2) is 0 Å². The van der Waals surface area contributed by atoms with Crippen LogP contribution in [0.3, 0.4) is 0 Å². The van der Waals surface area contributed by atoms with Crippen LogP contribution >= 0.6 is 23.2 Å². The van der Waals surface area contributed by atoms with Gasteiger partial charge in [-0.3, -0.25) is 0 Å². The molecule has 3 rings (SSSR count). The maximum absolute atomic E-state index is 5.85. The summed E-state index contributed by atoms with van der Waals surface area (Å²) >= 11 is 11.7. The van der Waals surface area contributed by atoms with E-state index in [4.69, 9.17) is 27.9 Å². The average molecular weight is 265 g/mol. The van der Waals surface area contributed by atoms with E-state index in [0.29, 0.717) is 0 Å². The molecule has 2 atom stereocenters. The van der Waals surface area contributed by atoms with Gasteiger partial charge in [0.1, 0.15) is 12.2 Å². The Hall–Kier alpha value is -1.02. The zero-order valence-electron chi connectivity index (χ0n) is 8.94. The Balaban J connectivity index is 1.78. The topological polar surface area (TPSA) is 12.5 Å². The lowest BCUT2D eigenvalue weighted by Gasteiger charge is -1.98. The number of rotatable bonds is 2. The van der Waals surface area contributed by atoms with Crippen LogP contribution in [0.2, 0.25) is 10.0 Å². The molecule has 2 aromatic rings. The van der Waals surface area contributed by atoms with Crippen LogP contribution in [0.4, 0.5) is 0 Å². The van der Waals surface area contributed by atoms with Crippen molar-refractivity contribution in [2.45, 2.75) is 12.2 Å². The second-order valence-corrected chi connectivity index (χ2v) is 4.95. The molecule has 1 nitrogen and oxygen atoms in total. The third kappa shape index (κ3) is 2.32. The van der Waals surface area contributed by atoms with Crippen molar-refractivity contribution in [2.75, 3.05) is 0 Å². The molecular weight excluding hydrogens is 255 g/mol. The first-order valence-electron chi connectivity index (χ1n) is 5.40. The molecule has 0 bridgehead atoms. The van der Waals surface area contributed by atoms with Crippen LogP contribution in [0.15, 0.2) is 48.5 Å². The summed E-state index contributed by atoms with van der Waals surface area (Å²) in [7, 11) is 0. The standard InChI is InChI=1S/C14H10Cl2O/c15-11-5-1-9(2-6-11)13-14(17-13)10-3-7-12(16)8-4-10/h1-8,13-14H/t13-,14+. The van der Waals surface area contributed by atoms with Gasteiger partial charge in [0, 0.05) is 10.0 Å². The molecule has 0 unspecified atom stereocenters. The third-order valence-electron chi connectivity index (χ3n) is 2.89. The summed E-state index contributed by atoms with van der Waals surface area (Å²) in [5.41, 5.74) is 2.32. The fraction of sp³-hybridized carbons (Fsp3) is 0.143. The molecule has 0 aliphatic carbocycles. The molecule has 86 valence electrons. The van der Waals surface area contributed by atoms with Crippen molar-refractivity contribution in [2.24, 2.45) is 0 Å². The lowest BCUT2D eigenvalue weighted by molar-refractivity contribution is 0.377. The van der Waals surface area contributed by atoms with E-state index >= 15 is 0 Å². The minimum absolute atomic E-state index is 0.147. The fourth-order valence-corrected chi connectivity index (χ4v) is 2.18. The van der Waals surface area contributed by atoms with Gasteiger partial charge >= 0.3 is 0 Å². The zero-order valence-corrected chi connectivity index (χ0v) is 10.4. The monoisotopic (exact) mass is 264 g/mol. The lowest BCUT2D eigenvalue weighted by Crippen LogP contribution is -1.84. The normalized spacial score (nSPS) is 22.5. The van der Waals surface area contributed by atoms with Gasteiger partial charge in [-0.1, -0.05) is 47.5 Å².